The number of fused-ring (bicyclic) bond motifs is 1. The predicted molar refractivity (Wildman–Crippen MR) is 96.6 cm³/mol. The molecule has 1 N–H and O–H groups in total. The number of hydrogen-bond donors (Lipinski definition) is 1. The molecule has 2 aromatic rings. The third kappa shape index (κ3) is 3.16. The van der Waals surface area contributed by atoms with Crippen molar-refractivity contribution in [2.24, 2.45) is 5.92 Å². The zero-order valence-corrected chi connectivity index (χ0v) is 14.9. The Bertz CT molecular complexity index is 817. The lowest BCUT2D eigenvalue weighted by Gasteiger charge is -2.29. The van der Waals surface area contributed by atoms with Crippen molar-refractivity contribution in [1.82, 2.24) is 24.9 Å². The number of hydrogen-bond acceptors (Lipinski definition) is 3. The third-order valence-electron chi connectivity index (χ3n) is 5.25. The Labute approximate surface area is 152 Å². The molecule has 0 spiro atoms. The van der Waals surface area contributed by atoms with Crippen molar-refractivity contribution in [3.8, 4) is 5.69 Å². The van der Waals surface area contributed by atoms with Crippen molar-refractivity contribution in [2.75, 3.05) is 20.1 Å². The molecular weight excluding hydrogens is 330 g/mol. The lowest BCUT2D eigenvalue weighted by molar-refractivity contribution is -0.133. The maximum absolute atomic E-state index is 12.5. The van der Waals surface area contributed by atoms with Gasteiger partial charge in [-0.2, -0.15) is 5.10 Å². The summed E-state index contributed by atoms with van der Waals surface area (Å²) in [6, 6.07) is 9.87. The topological polar surface area (TPSA) is 70.5 Å². The fraction of sp³-hybridized carbons (Fsp3) is 0.421. The summed E-state index contributed by atoms with van der Waals surface area (Å²) in [6.45, 7) is 2.43. The quantitative estimate of drug-likeness (QED) is 0.914. The van der Waals surface area contributed by atoms with Crippen LogP contribution >= 0.6 is 0 Å². The molecule has 1 aromatic carbocycles. The number of aromatic nitrogens is 2. The molecule has 1 unspecified atom stereocenters. The van der Waals surface area contributed by atoms with Crippen molar-refractivity contribution < 1.29 is 9.59 Å². The molecule has 7 heteroatoms. The fourth-order valence-corrected chi connectivity index (χ4v) is 3.61. The molecule has 2 aliphatic heterocycles. The van der Waals surface area contributed by atoms with Gasteiger partial charge in [0.1, 0.15) is 0 Å². The SMILES string of the molecule is CN1CCC(CNC(=O)N2Cc3cnn(-c4ccccc4)c3C2)CC1=O. The van der Waals surface area contributed by atoms with E-state index >= 15 is 0 Å². The zero-order valence-electron chi connectivity index (χ0n) is 14.9. The monoisotopic (exact) mass is 353 g/mol. The lowest BCUT2D eigenvalue weighted by atomic mass is 9.96. The summed E-state index contributed by atoms with van der Waals surface area (Å²) >= 11 is 0. The van der Waals surface area contributed by atoms with Crippen LogP contribution in [0, 0.1) is 5.92 Å². The molecule has 1 saturated heterocycles. The molecule has 3 heterocycles. The largest absolute Gasteiger partial charge is 0.346 e. The van der Waals surface area contributed by atoms with Gasteiger partial charge in [-0.05, 0) is 24.5 Å². The Kier molecular flexibility index (Phi) is 4.36. The molecule has 0 saturated carbocycles. The number of carbonyl (C=O) groups excluding carboxylic acids is 2. The van der Waals surface area contributed by atoms with E-state index in [-0.39, 0.29) is 17.9 Å². The van der Waals surface area contributed by atoms with Crippen LogP contribution in [0.5, 0.6) is 0 Å². The Morgan fingerprint density at radius 1 is 1.27 bits per heavy atom. The van der Waals surface area contributed by atoms with Gasteiger partial charge < -0.3 is 15.1 Å². The number of benzene rings is 1. The molecule has 0 bridgehead atoms. The van der Waals surface area contributed by atoms with Crippen molar-refractivity contribution in [3.63, 3.8) is 0 Å². The first-order valence-electron chi connectivity index (χ1n) is 9.00. The third-order valence-corrected chi connectivity index (χ3v) is 5.25. The summed E-state index contributed by atoms with van der Waals surface area (Å²) in [7, 11) is 1.83. The number of nitrogens with one attached hydrogen (secondary N) is 1. The van der Waals surface area contributed by atoms with Crippen LogP contribution in [0.4, 0.5) is 4.79 Å². The molecule has 2 aliphatic rings. The van der Waals surface area contributed by atoms with Crippen LogP contribution in [-0.2, 0) is 17.9 Å². The van der Waals surface area contributed by atoms with Crippen LogP contribution < -0.4 is 5.32 Å². The Morgan fingerprint density at radius 3 is 2.85 bits per heavy atom. The molecule has 0 radical (unpaired) electrons. The fourth-order valence-electron chi connectivity index (χ4n) is 3.61. The number of nitrogens with zero attached hydrogens (tertiary/aromatic N) is 4. The first-order chi connectivity index (χ1) is 12.6. The minimum atomic E-state index is -0.0767. The summed E-state index contributed by atoms with van der Waals surface area (Å²) < 4.78 is 1.90. The Hall–Kier alpha value is -2.83. The van der Waals surface area contributed by atoms with E-state index in [0.717, 1.165) is 29.9 Å². The van der Waals surface area contributed by atoms with Gasteiger partial charge in [-0.1, -0.05) is 18.2 Å². The normalized spacial score (nSPS) is 19.6. The predicted octanol–water partition coefficient (Wildman–Crippen LogP) is 1.77. The Balaban J connectivity index is 1.36. The highest BCUT2D eigenvalue weighted by Gasteiger charge is 2.29. The molecule has 1 aromatic heterocycles. The molecule has 1 atom stereocenters. The maximum Gasteiger partial charge on any atom is 0.318 e. The van der Waals surface area contributed by atoms with Crippen LogP contribution in [0.25, 0.3) is 5.69 Å². The highest BCUT2D eigenvalue weighted by atomic mass is 16.2. The zero-order chi connectivity index (χ0) is 18.1. The lowest BCUT2D eigenvalue weighted by Crippen LogP contribution is -2.43. The molecule has 1 fully saturated rings. The van der Waals surface area contributed by atoms with E-state index in [1.165, 1.54) is 0 Å². The van der Waals surface area contributed by atoms with Gasteiger partial charge in [0.15, 0.2) is 0 Å². The van der Waals surface area contributed by atoms with Crippen molar-refractivity contribution in [3.05, 3.63) is 47.8 Å². The number of piperidine rings is 1. The van der Waals surface area contributed by atoms with E-state index in [9.17, 15) is 9.59 Å². The molecule has 136 valence electrons. The van der Waals surface area contributed by atoms with Crippen molar-refractivity contribution in [2.45, 2.75) is 25.9 Å². The second kappa shape index (κ2) is 6.82. The molecule has 4 rings (SSSR count). The highest BCUT2D eigenvalue weighted by Crippen LogP contribution is 2.25. The van der Waals surface area contributed by atoms with E-state index in [1.54, 1.807) is 9.80 Å². The number of amides is 3. The molecule has 7 nitrogen and oxygen atoms in total. The van der Waals surface area contributed by atoms with Crippen LogP contribution in [0.2, 0.25) is 0 Å². The van der Waals surface area contributed by atoms with Gasteiger partial charge in [0.25, 0.3) is 0 Å². The first-order valence-corrected chi connectivity index (χ1v) is 9.00. The molecule has 0 aliphatic carbocycles. The first kappa shape index (κ1) is 16.6. The second-order valence-electron chi connectivity index (χ2n) is 7.08. The summed E-state index contributed by atoms with van der Waals surface area (Å²) in [5.41, 5.74) is 3.14. The minimum Gasteiger partial charge on any atom is -0.346 e. The average Bonchev–Trinajstić information content (AvgIpc) is 3.24. The maximum atomic E-state index is 12.5. The van der Waals surface area contributed by atoms with Crippen LogP contribution in [0.1, 0.15) is 24.1 Å². The standard InChI is InChI=1S/C19H23N5O2/c1-22-8-7-14(9-18(22)25)10-20-19(26)23-12-15-11-21-24(17(15)13-23)16-5-3-2-4-6-16/h2-6,11,14H,7-10,12-13H2,1H3,(H,20,26). The van der Waals surface area contributed by atoms with Gasteiger partial charge in [0.2, 0.25) is 5.91 Å². The van der Waals surface area contributed by atoms with Crippen LogP contribution in [0.3, 0.4) is 0 Å². The number of para-hydroxylation sites is 1. The Morgan fingerprint density at radius 2 is 2.08 bits per heavy atom. The van der Waals surface area contributed by atoms with Gasteiger partial charge in [-0.25, -0.2) is 9.48 Å². The summed E-state index contributed by atoms with van der Waals surface area (Å²) in [5.74, 6) is 0.388. The average molecular weight is 353 g/mol. The minimum absolute atomic E-state index is 0.0767. The summed E-state index contributed by atoms with van der Waals surface area (Å²) in [5, 5.41) is 7.45. The number of urea groups is 1. The van der Waals surface area contributed by atoms with Crippen LogP contribution in [-0.4, -0.2) is 51.7 Å². The van der Waals surface area contributed by atoms with Crippen LogP contribution in [0.15, 0.2) is 36.5 Å². The van der Waals surface area contributed by atoms with E-state index in [2.05, 4.69) is 10.4 Å². The summed E-state index contributed by atoms with van der Waals surface area (Å²) in [4.78, 5) is 27.9. The van der Waals surface area contributed by atoms with E-state index in [4.69, 9.17) is 0 Å². The number of carbonyl (C=O) groups is 2. The highest BCUT2D eigenvalue weighted by molar-refractivity contribution is 5.77. The van der Waals surface area contributed by atoms with Crippen molar-refractivity contribution in [1.29, 1.82) is 0 Å². The smallest absolute Gasteiger partial charge is 0.318 e. The molecule has 26 heavy (non-hydrogen) atoms. The number of rotatable bonds is 3. The van der Waals surface area contributed by atoms with Gasteiger partial charge in [0.05, 0.1) is 30.7 Å². The van der Waals surface area contributed by atoms with Gasteiger partial charge >= 0.3 is 6.03 Å². The molecular formula is C19H23N5O2. The van der Waals surface area contributed by atoms with E-state index < -0.39 is 0 Å². The second-order valence-corrected chi connectivity index (χ2v) is 7.08. The van der Waals surface area contributed by atoms with E-state index in [0.29, 0.717) is 26.1 Å². The van der Waals surface area contributed by atoms with Gasteiger partial charge in [0, 0.05) is 32.1 Å². The van der Waals surface area contributed by atoms with Gasteiger partial charge in [-0.15, -0.1) is 0 Å². The summed E-state index contributed by atoms with van der Waals surface area (Å²) in [6.07, 6.45) is 3.29. The van der Waals surface area contributed by atoms with Gasteiger partial charge in [-0.3, -0.25) is 4.79 Å². The van der Waals surface area contributed by atoms with Crippen molar-refractivity contribution >= 4 is 11.9 Å². The number of likely N-dealkylation sites (tertiary alicyclic amines) is 1. The van der Waals surface area contributed by atoms with E-state index in [1.807, 2.05) is 48.3 Å². The molecule has 3 amide bonds.